The summed E-state index contributed by atoms with van der Waals surface area (Å²) in [7, 11) is 0. The Hall–Kier alpha value is -1.63. The number of rotatable bonds is 6. The summed E-state index contributed by atoms with van der Waals surface area (Å²) in [5, 5.41) is 20.5. The van der Waals surface area contributed by atoms with Crippen LogP contribution in [0, 0.1) is 11.8 Å². The third-order valence-corrected chi connectivity index (χ3v) is 3.81. The Morgan fingerprint density at radius 1 is 1.45 bits per heavy atom. The van der Waals surface area contributed by atoms with Gasteiger partial charge in [-0.05, 0) is 25.7 Å². The molecule has 0 aromatic carbocycles. The molecule has 1 saturated heterocycles. The van der Waals surface area contributed by atoms with Gasteiger partial charge in [0.25, 0.3) is 0 Å². The first-order valence-corrected chi connectivity index (χ1v) is 6.87. The van der Waals surface area contributed by atoms with Gasteiger partial charge in [-0.1, -0.05) is 0 Å². The fourth-order valence-electron chi connectivity index (χ4n) is 2.40. The molecule has 0 aromatic heterocycles. The van der Waals surface area contributed by atoms with Crippen molar-refractivity contribution in [1.29, 1.82) is 0 Å². The molecule has 2 amide bonds. The Balaban J connectivity index is 1.89. The van der Waals surface area contributed by atoms with E-state index in [4.69, 9.17) is 5.11 Å². The molecule has 0 aromatic rings. The monoisotopic (exact) mass is 284 g/mol. The molecule has 2 aliphatic rings. The van der Waals surface area contributed by atoms with Crippen molar-refractivity contribution in [3.8, 4) is 0 Å². The fourth-order valence-corrected chi connectivity index (χ4v) is 2.40. The van der Waals surface area contributed by atoms with Crippen LogP contribution in [0.5, 0.6) is 0 Å². The molecule has 2 rings (SSSR count). The van der Waals surface area contributed by atoms with E-state index in [1.165, 1.54) is 6.92 Å². The molecular formula is C13H20N2O5. The third kappa shape index (κ3) is 3.47. The highest BCUT2D eigenvalue weighted by atomic mass is 16.4. The summed E-state index contributed by atoms with van der Waals surface area (Å²) in [6, 6.07) is -1.34. The minimum absolute atomic E-state index is 0.0547. The van der Waals surface area contributed by atoms with Crippen molar-refractivity contribution in [2.24, 2.45) is 11.8 Å². The molecule has 3 atom stereocenters. The maximum atomic E-state index is 12.0. The lowest BCUT2D eigenvalue weighted by molar-refractivity contribution is -0.145. The van der Waals surface area contributed by atoms with Crippen LogP contribution in [-0.4, -0.2) is 58.1 Å². The Morgan fingerprint density at radius 3 is 2.60 bits per heavy atom. The van der Waals surface area contributed by atoms with E-state index >= 15 is 0 Å². The number of carboxylic acid groups (broad SMARTS) is 1. The maximum absolute atomic E-state index is 12.0. The lowest BCUT2D eigenvalue weighted by Gasteiger charge is -2.20. The second-order valence-corrected chi connectivity index (χ2v) is 5.71. The average molecular weight is 284 g/mol. The van der Waals surface area contributed by atoms with Gasteiger partial charge in [0.2, 0.25) is 11.8 Å². The number of nitrogens with zero attached hydrogens (tertiary/aromatic N) is 1. The van der Waals surface area contributed by atoms with Gasteiger partial charge in [-0.15, -0.1) is 0 Å². The molecule has 0 spiro atoms. The number of amides is 2. The SMILES string of the molecule is CC(O)C(NC(=O)C1CC(=O)N(CC2CC2)C1)C(=O)O. The van der Waals surface area contributed by atoms with Crippen molar-refractivity contribution in [2.75, 3.05) is 13.1 Å². The number of likely N-dealkylation sites (tertiary alicyclic amines) is 1. The van der Waals surface area contributed by atoms with E-state index in [2.05, 4.69) is 5.32 Å². The zero-order valence-corrected chi connectivity index (χ0v) is 11.4. The summed E-state index contributed by atoms with van der Waals surface area (Å²) in [5.74, 6) is -1.79. The van der Waals surface area contributed by atoms with E-state index in [-0.39, 0.29) is 12.3 Å². The Labute approximate surface area is 116 Å². The maximum Gasteiger partial charge on any atom is 0.328 e. The summed E-state index contributed by atoms with van der Waals surface area (Å²) in [6.45, 7) is 2.34. The molecule has 20 heavy (non-hydrogen) atoms. The number of carboxylic acids is 1. The molecule has 2 fully saturated rings. The van der Waals surface area contributed by atoms with Crippen LogP contribution in [0.2, 0.25) is 0 Å². The molecule has 112 valence electrons. The second-order valence-electron chi connectivity index (χ2n) is 5.71. The highest BCUT2D eigenvalue weighted by Gasteiger charge is 2.38. The van der Waals surface area contributed by atoms with Crippen LogP contribution in [0.4, 0.5) is 0 Å². The number of hydrogen-bond acceptors (Lipinski definition) is 4. The zero-order chi connectivity index (χ0) is 14.9. The normalized spacial score (nSPS) is 25.4. The molecule has 1 aliphatic heterocycles. The second kappa shape index (κ2) is 5.78. The van der Waals surface area contributed by atoms with Crippen LogP contribution in [-0.2, 0) is 14.4 Å². The average Bonchev–Trinajstić information content (AvgIpc) is 3.09. The van der Waals surface area contributed by atoms with Crippen LogP contribution in [0.3, 0.4) is 0 Å². The van der Waals surface area contributed by atoms with Gasteiger partial charge in [0.05, 0.1) is 12.0 Å². The number of carbonyl (C=O) groups is 3. The first-order valence-electron chi connectivity index (χ1n) is 6.87. The molecule has 7 nitrogen and oxygen atoms in total. The topological polar surface area (TPSA) is 107 Å². The number of nitrogens with one attached hydrogen (secondary N) is 1. The van der Waals surface area contributed by atoms with Crippen LogP contribution < -0.4 is 5.32 Å². The largest absolute Gasteiger partial charge is 0.480 e. The van der Waals surface area contributed by atoms with Crippen molar-refractivity contribution >= 4 is 17.8 Å². The van der Waals surface area contributed by atoms with Crippen molar-refractivity contribution in [1.82, 2.24) is 10.2 Å². The van der Waals surface area contributed by atoms with E-state index in [9.17, 15) is 19.5 Å². The van der Waals surface area contributed by atoms with Gasteiger partial charge < -0.3 is 20.4 Å². The molecular weight excluding hydrogens is 264 g/mol. The predicted molar refractivity (Wildman–Crippen MR) is 68.7 cm³/mol. The molecule has 1 saturated carbocycles. The number of carbonyl (C=O) groups excluding carboxylic acids is 2. The first-order chi connectivity index (χ1) is 9.38. The van der Waals surface area contributed by atoms with Crippen LogP contribution >= 0.6 is 0 Å². The molecule has 1 aliphatic carbocycles. The predicted octanol–water partition coefficient (Wildman–Crippen LogP) is -0.805. The van der Waals surface area contributed by atoms with Crippen molar-refractivity contribution in [3.05, 3.63) is 0 Å². The molecule has 0 bridgehead atoms. The summed E-state index contributed by atoms with van der Waals surface area (Å²) in [6.07, 6.45) is 1.19. The number of aliphatic hydroxyl groups is 1. The molecule has 3 unspecified atom stereocenters. The first kappa shape index (κ1) is 14.8. The summed E-state index contributed by atoms with van der Waals surface area (Å²) >= 11 is 0. The molecule has 0 radical (unpaired) electrons. The number of aliphatic carboxylic acids is 1. The van der Waals surface area contributed by atoms with E-state index in [1.807, 2.05) is 0 Å². The summed E-state index contributed by atoms with van der Waals surface area (Å²) in [5.41, 5.74) is 0. The quantitative estimate of drug-likeness (QED) is 0.591. The van der Waals surface area contributed by atoms with Crippen molar-refractivity contribution in [3.63, 3.8) is 0 Å². The molecule has 3 N–H and O–H groups in total. The zero-order valence-electron chi connectivity index (χ0n) is 11.4. The molecule has 7 heteroatoms. The van der Waals surface area contributed by atoms with Gasteiger partial charge in [0, 0.05) is 19.5 Å². The Morgan fingerprint density at radius 2 is 2.10 bits per heavy atom. The Kier molecular flexibility index (Phi) is 4.27. The van der Waals surface area contributed by atoms with Gasteiger partial charge in [0.15, 0.2) is 6.04 Å². The van der Waals surface area contributed by atoms with Crippen LogP contribution in [0.1, 0.15) is 26.2 Å². The van der Waals surface area contributed by atoms with Gasteiger partial charge in [0.1, 0.15) is 0 Å². The minimum Gasteiger partial charge on any atom is -0.480 e. The Bertz CT molecular complexity index is 419. The lowest BCUT2D eigenvalue weighted by Crippen LogP contribution is -2.49. The highest BCUT2D eigenvalue weighted by Crippen LogP contribution is 2.32. The standard InChI is InChI=1S/C13H20N2O5/c1-7(16)11(13(19)20)14-12(18)9-4-10(17)15(6-9)5-8-2-3-8/h7-9,11,16H,2-6H2,1H3,(H,14,18)(H,19,20). The van der Waals surface area contributed by atoms with Gasteiger partial charge in [-0.3, -0.25) is 9.59 Å². The molecule has 1 heterocycles. The van der Waals surface area contributed by atoms with Gasteiger partial charge in [-0.25, -0.2) is 4.79 Å². The lowest BCUT2D eigenvalue weighted by atomic mass is 10.1. The highest BCUT2D eigenvalue weighted by molar-refractivity contribution is 5.91. The van der Waals surface area contributed by atoms with Crippen molar-refractivity contribution in [2.45, 2.75) is 38.3 Å². The minimum atomic E-state index is -1.34. The van der Waals surface area contributed by atoms with E-state index < -0.39 is 29.9 Å². The smallest absolute Gasteiger partial charge is 0.328 e. The van der Waals surface area contributed by atoms with Gasteiger partial charge >= 0.3 is 5.97 Å². The van der Waals surface area contributed by atoms with E-state index in [1.54, 1.807) is 4.90 Å². The van der Waals surface area contributed by atoms with E-state index in [0.29, 0.717) is 19.0 Å². The van der Waals surface area contributed by atoms with Crippen LogP contribution in [0.25, 0.3) is 0 Å². The summed E-state index contributed by atoms with van der Waals surface area (Å²) < 4.78 is 0. The number of hydrogen-bond donors (Lipinski definition) is 3. The fraction of sp³-hybridized carbons (Fsp3) is 0.769. The van der Waals surface area contributed by atoms with Gasteiger partial charge in [-0.2, -0.15) is 0 Å². The summed E-state index contributed by atoms with van der Waals surface area (Å²) in [4.78, 5) is 36.4. The van der Waals surface area contributed by atoms with E-state index in [0.717, 1.165) is 12.8 Å². The van der Waals surface area contributed by atoms with Crippen molar-refractivity contribution < 1.29 is 24.6 Å². The number of aliphatic hydroxyl groups excluding tert-OH is 1. The van der Waals surface area contributed by atoms with Crippen LogP contribution in [0.15, 0.2) is 0 Å². The third-order valence-electron chi connectivity index (χ3n) is 3.81.